The van der Waals surface area contributed by atoms with Gasteiger partial charge in [-0.1, -0.05) is 36.4 Å². The Labute approximate surface area is 161 Å². The highest BCUT2D eigenvalue weighted by molar-refractivity contribution is 5.94. The first-order valence-corrected chi connectivity index (χ1v) is 9.20. The summed E-state index contributed by atoms with van der Waals surface area (Å²) >= 11 is 0. The average molecular weight is 376 g/mol. The van der Waals surface area contributed by atoms with Gasteiger partial charge in [0.2, 0.25) is 5.91 Å². The Morgan fingerprint density at radius 3 is 2.25 bits per heavy atom. The first-order chi connectivity index (χ1) is 13.6. The van der Waals surface area contributed by atoms with Gasteiger partial charge in [-0.2, -0.15) is 5.10 Å². The minimum absolute atomic E-state index is 0.0277. The molecule has 7 heteroatoms. The van der Waals surface area contributed by atoms with Crippen LogP contribution in [0.15, 0.2) is 65.6 Å². The number of nitrogens with zero attached hydrogens (tertiary/aromatic N) is 4. The molecule has 142 valence electrons. The van der Waals surface area contributed by atoms with Crippen molar-refractivity contribution in [3.05, 3.63) is 76.7 Å². The summed E-state index contributed by atoms with van der Waals surface area (Å²) in [6.07, 6.45) is 1.60. The second-order valence-electron chi connectivity index (χ2n) is 6.73. The summed E-state index contributed by atoms with van der Waals surface area (Å²) in [7, 11) is 0. The van der Waals surface area contributed by atoms with Gasteiger partial charge in [-0.15, -0.1) is 0 Å². The molecule has 1 aliphatic heterocycles. The molecule has 0 atom stereocenters. The summed E-state index contributed by atoms with van der Waals surface area (Å²) in [4.78, 5) is 41.1. The molecular formula is C21H20N4O3. The Bertz CT molecular complexity index is 1070. The van der Waals surface area contributed by atoms with Crippen LogP contribution in [0.2, 0.25) is 0 Å². The monoisotopic (exact) mass is 376 g/mol. The number of amides is 2. The number of carbonyl (C=O) groups excluding carboxylic acids is 2. The third-order valence-corrected chi connectivity index (χ3v) is 4.99. The van der Waals surface area contributed by atoms with Crippen LogP contribution in [-0.2, 0) is 11.3 Å². The van der Waals surface area contributed by atoms with Crippen LogP contribution in [0.5, 0.6) is 0 Å². The third kappa shape index (κ3) is 3.51. The molecule has 0 aliphatic carbocycles. The van der Waals surface area contributed by atoms with Crippen molar-refractivity contribution in [3.63, 3.8) is 0 Å². The normalized spacial score (nSPS) is 14.3. The second kappa shape index (κ2) is 7.64. The van der Waals surface area contributed by atoms with Gasteiger partial charge in [-0.05, 0) is 18.2 Å². The van der Waals surface area contributed by atoms with E-state index in [9.17, 15) is 14.4 Å². The van der Waals surface area contributed by atoms with Crippen molar-refractivity contribution in [1.82, 2.24) is 19.6 Å². The lowest BCUT2D eigenvalue weighted by molar-refractivity contribution is -0.133. The summed E-state index contributed by atoms with van der Waals surface area (Å²) in [5.41, 5.74) is 0.374. The van der Waals surface area contributed by atoms with Gasteiger partial charge in [0.15, 0.2) is 0 Å². The summed E-state index contributed by atoms with van der Waals surface area (Å²) in [5, 5.41) is 5.42. The number of aromatic nitrogens is 2. The molecule has 1 aliphatic rings. The highest BCUT2D eigenvalue weighted by Gasteiger charge is 2.25. The number of rotatable bonds is 3. The van der Waals surface area contributed by atoms with Crippen LogP contribution < -0.4 is 5.56 Å². The number of carbonyl (C=O) groups is 2. The molecule has 4 rings (SSSR count). The van der Waals surface area contributed by atoms with Gasteiger partial charge in [0.25, 0.3) is 11.5 Å². The molecule has 28 heavy (non-hydrogen) atoms. The Kier molecular flexibility index (Phi) is 4.89. The molecule has 2 aromatic carbocycles. The van der Waals surface area contributed by atoms with E-state index in [1.165, 1.54) is 4.68 Å². The minimum atomic E-state index is -0.274. The van der Waals surface area contributed by atoms with Crippen LogP contribution in [0.4, 0.5) is 0 Å². The summed E-state index contributed by atoms with van der Waals surface area (Å²) in [6.45, 7) is 1.73. The maximum atomic E-state index is 12.6. The Hall–Kier alpha value is -3.48. The smallest absolute Gasteiger partial charge is 0.275 e. The van der Waals surface area contributed by atoms with Crippen molar-refractivity contribution in [2.24, 2.45) is 0 Å². The Balaban J connectivity index is 1.40. The predicted molar refractivity (Wildman–Crippen MR) is 105 cm³/mol. The van der Waals surface area contributed by atoms with Crippen LogP contribution in [0, 0.1) is 0 Å². The van der Waals surface area contributed by atoms with Gasteiger partial charge >= 0.3 is 0 Å². The average Bonchev–Trinajstić information content (AvgIpc) is 2.76. The molecular weight excluding hydrogens is 356 g/mol. The van der Waals surface area contributed by atoms with Crippen LogP contribution in [0.3, 0.4) is 0 Å². The van der Waals surface area contributed by atoms with Crippen LogP contribution in [0.25, 0.3) is 10.8 Å². The summed E-state index contributed by atoms with van der Waals surface area (Å²) < 4.78 is 1.20. The van der Waals surface area contributed by atoms with Crippen LogP contribution in [-0.4, -0.2) is 57.6 Å². The molecule has 1 fully saturated rings. The zero-order valence-corrected chi connectivity index (χ0v) is 15.3. The first-order valence-electron chi connectivity index (χ1n) is 9.20. The van der Waals surface area contributed by atoms with E-state index in [2.05, 4.69) is 5.10 Å². The molecule has 3 aromatic rings. The Morgan fingerprint density at radius 1 is 0.857 bits per heavy atom. The lowest BCUT2D eigenvalue weighted by Gasteiger charge is -2.34. The van der Waals surface area contributed by atoms with Gasteiger partial charge in [0.1, 0.15) is 6.54 Å². The fourth-order valence-corrected chi connectivity index (χ4v) is 3.39. The predicted octanol–water partition coefficient (Wildman–Crippen LogP) is 1.38. The zero-order valence-electron chi connectivity index (χ0n) is 15.3. The molecule has 2 heterocycles. The van der Waals surface area contributed by atoms with Gasteiger partial charge in [-0.25, -0.2) is 4.68 Å². The minimum Gasteiger partial charge on any atom is -0.338 e. The lowest BCUT2D eigenvalue weighted by atomic mass is 10.2. The first kappa shape index (κ1) is 17.9. The van der Waals surface area contributed by atoms with Gasteiger partial charge < -0.3 is 9.80 Å². The molecule has 0 bridgehead atoms. The molecule has 1 aromatic heterocycles. The van der Waals surface area contributed by atoms with E-state index in [0.717, 1.165) is 5.39 Å². The fourth-order valence-electron chi connectivity index (χ4n) is 3.39. The van der Waals surface area contributed by atoms with Crippen molar-refractivity contribution in [1.29, 1.82) is 0 Å². The van der Waals surface area contributed by atoms with Crippen molar-refractivity contribution in [2.45, 2.75) is 6.54 Å². The Morgan fingerprint density at radius 2 is 1.50 bits per heavy atom. The molecule has 0 radical (unpaired) electrons. The van der Waals surface area contributed by atoms with Gasteiger partial charge in [-0.3, -0.25) is 14.4 Å². The van der Waals surface area contributed by atoms with E-state index in [1.807, 2.05) is 30.3 Å². The summed E-state index contributed by atoms with van der Waals surface area (Å²) in [6, 6.07) is 16.3. The molecule has 0 unspecified atom stereocenters. The van der Waals surface area contributed by atoms with Crippen LogP contribution in [0.1, 0.15) is 10.4 Å². The maximum absolute atomic E-state index is 12.6. The number of hydrogen-bond donors (Lipinski definition) is 0. The molecule has 2 amide bonds. The van der Waals surface area contributed by atoms with Crippen LogP contribution >= 0.6 is 0 Å². The number of hydrogen-bond acceptors (Lipinski definition) is 4. The third-order valence-electron chi connectivity index (χ3n) is 4.99. The van der Waals surface area contributed by atoms with Crippen molar-refractivity contribution >= 4 is 22.6 Å². The fraction of sp³-hybridized carbons (Fsp3) is 0.238. The quantitative estimate of drug-likeness (QED) is 0.692. The zero-order chi connectivity index (χ0) is 19.5. The molecule has 0 spiro atoms. The van der Waals surface area contributed by atoms with E-state index in [-0.39, 0.29) is 23.9 Å². The number of benzene rings is 2. The second-order valence-corrected chi connectivity index (χ2v) is 6.73. The molecule has 7 nitrogen and oxygen atoms in total. The standard InChI is InChI=1S/C21H20N4O3/c26-19(15-25-21(28)18-9-5-4-8-17(18)14-22-25)23-10-12-24(13-11-23)20(27)16-6-2-1-3-7-16/h1-9,14H,10-13,15H2. The molecule has 0 N–H and O–H groups in total. The van der Waals surface area contributed by atoms with Crippen molar-refractivity contribution in [3.8, 4) is 0 Å². The molecule has 0 saturated carbocycles. The van der Waals surface area contributed by atoms with Crippen molar-refractivity contribution in [2.75, 3.05) is 26.2 Å². The van der Waals surface area contributed by atoms with Gasteiger partial charge in [0, 0.05) is 37.1 Å². The lowest BCUT2D eigenvalue weighted by Crippen LogP contribution is -2.51. The molecule has 1 saturated heterocycles. The van der Waals surface area contributed by atoms with E-state index in [1.54, 1.807) is 40.3 Å². The van der Waals surface area contributed by atoms with E-state index < -0.39 is 0 Å². The van der Waals surface area contributed by atoms with E-state index in [4.69, 9.17) is 0 Å². The highest BCUT2D eigenvalue weighted by atomic mass is 16.2. The van der Waals surface area contributed by atoms with Crippen molar-refractivity contribution < 1.29 is 9.59 Å². The van der Waals surface area contributed by atoms with E-state index in [0.29, 0.717) is 37.1 Å². The SMILES string of the molecule is O=C(Cn1ncc2ccccc2c1=O)N1CCN(C(=O)c2ccccc2)CC1. The topological polar surface area (TPSA) is 75.5 Å². The number of fused-ring (bicyclic) bond motifs is 1. The largest absolute Gasteiger partial charge is 0.338 e. The highest BCUT2D eigenvalue weighted by Crippen LogP contribution is 2.10. The number of piperazine rings is 1. The van der Waals surface area contributed by atoms with Gasteiger partial charge in [0.05, 0.1) is 11.6 Å². The maximum Gasteiger partial charge on any atom is 0.275 e. The van der Waals surface area contributed by atoms with E-state index >= 15 is 0 Å². The summed E-state index contributed by atoms with van der Waals surface area (Å²) in [5.74, 6) is -0.197.